The number of ether oxygens (including phenoxy) is 4. The van der Waals surface area contributed by atoms with Crippen molar-refractivity contribution in [3.8, 4) is 45.3 Å². The Bertz CT molecular complexity index is 1770. The second kappa shape index (κ2) is 17.2. The number of nitrogens with one attached hydrogen (secondary N) is 2. The average molecular weight is 681 g/mol. The first-order valence-electron chi connectivity index (χ1n) is 16.5. The molecule has 5 rings (SSSR count). The number of rotatable bonds is 15. The van der Waals surface area contributed by atoms with E-state index >= 15 is 0 Å². The van der Waals surface area contributed by atoms with Gasteiger partial charge in [-0.05, 0) is 85.6 Å². The fourth-order valence-electron chi connectivity index (χ4n) is 5.71. The minimum atomic E-state index is -0.258. The van der Waals surface area contributed by atoms with Gasteiger partial charge in [0.25, 0.3) is 5.91 Å². The summed E-state index contributed by atoms with van der Waals surface area (Å²) in [6.07, 6.45) is 2.52. The average Bonchev–Trinajstić information content (AvgIpc) is 3.15. The predicted octanol–water partition coefficient (Wildman–Crippen LogP) is 5.35. The maximum Gasteiger partial charge on any atom is 0.255 e. The molecule has 1 saturated heterocycles. The third-order valence-electron chi connectivity index (χ3n) is 8.66. The fourth-order valence-corrected chi connectivity index (χ4v) is 5.71. The number of hydrogen-bond acceptors (Lipinski definition) is 8. The molecule has 0 unspecified atom stereocenters. The van der Waals surface area contributed by atoms with Gasteiger partial charge in [-0.2, -0.15) is 0 Å². The molecule has 0 aromatic heterocycles. The predicted molar refractivity (Wildman–Crippen MR) is 193 cm³/mol. The summed E-state index contributed by atoms with van der Waals surface area (Å²) in [5.41, 5.74) is 4.48. The first kappa shape index (κ1) is 35.7. The molecule has 4 aromatic rings. The molecule has 1 aliphatic heterocycles. The fraction of sp³-hybridized carbons (Fsp3) is 0.308. The molecule has 0 spiro atoms. The highest BCUT2D eigenvalue weighted by atomic mass is 16.5. The Morgan fingerprint density at radius 1 is 0.860 bits per heavy atom. The molecule has 11 nitrogen and oxygen atoms in total. The number of hydrogen-bond donors (Lipinski definition) is 2. The molecular weight excluding hydrogens is 636 g/mol. The van der Waals surface area contributed by atoms with Crippen LogP contribution in [0.15, 0.2) is 84.9 Å². The monoisotopic (exact) mass is 680 g/mol. The lowest BCUT2D eigenvalue weighted by atomic mass is 10.0. The van der Waals surface area contributed by atoms with Crippen molar-refractivity contribution in [2.45, 2.75) is 18.9 Å². The zero-order chi connectivity index (χ0) is 35.5. The summed E-state index contributed by atoms with van der Waals surface area (Å²) in [7, 11) is 6.99. The molecule has 1 fully saturated rings. The van der Waals surface area contributed by atoms with Crippen LogP contribution in [-0.2, 0) is 9.59 Å². The molecule has 0 saturated carbocycles. The Balaban J connectivity index is 1.32. The van der Waals surface area contributed by atoms with Crippen molar-refractivity contribution in [1.82, 2.24) is 15.1 Å². The first-order valence-corrected chi connectivity index (χ1v) is 16.5. The van der Waals surface area contributed by atoms with E-state index < -0.39 is 0 Å². The number of piperidine rings is 1. The molecule has 0 aliphatic carbocycles. The maximum atomic E-state index is 13.4. The molecule has 0 bridgehead atoms. The zero-order valence-corrected chi connectivity index (χ0v) is 28.9. The third kappa shape index (κ3) is 9.32. The van der Waals surface area contributed by atoms with Crippen molar-refractivity contribution in [3.63, 3.8) is 0 Å². The van der Waals surface area contributed by atoms with Gasteiger partial charge in [-0.25, -0.2) is 0 Å². The number of anilines is 1. The van der Waals surface area contributed by atoms with E-state index in [1.807, 2.05) is 66.7 Å². The molecule has 3 amide bonds. The highest BCUT2D eigenvalue weighted by molar-refractivity contribution is 6.05. The third-order valence-corrected chi connectivity index (χ3v) is 8.66. The van der Waals surface area contributed by atoms with Gasteiger partial charge in [0.15, 0.2) is 0 Å². The lowest BCUT2D eigenvalue weighted by Gasteiger charge is -2.29. The van der Waals surface area contributed by atoms with Gasteiger partial charge in [0.1, 0.15) is 35.7 Å². The summed E-state index contributed by atoms with van der Waals surface area (Å²) in [5.74, 6) is 2.21. The van der Waals surface area contributed by atoms with E-state index in [1.165, 1.54) is 4.90 Å². The van der Waals surface area contributed by atoms with Crippen LogP contribution in [0.1, 0.15) is 23.2 Å². The van der Waals surface area contributed by atoms with Crippen LogP contribution >= 0.6 is 0 Å². The van der Waals surface area contributed by atoms with Crippen molar-refractivity contribution >= 4 is 23.9 Å². The summed E-state index contributed by atoms with van der Waals surface area (Å²) in [6.45, 7) is 2.46. The van der Waals surface area contributed by atoms with Gasteiger partial charge in [0, 0.05) is 48.6 Å². The second-order valence-corrected chi connectivity index (χ2v) is 12.1. The van der Waals surface area contributed by atoms with Crippen LogP contribution in [0.5, 0.6) is 23.0 Å². The summed E-state index contributed by atoms with van der Waals surface area (Å²) in [5, 5.41) is 5.39. The largest absolute Gasteiger partial charge is 0.497 e. The van der Waals surface area contributed by atoms with Crippen LogP contribution < -0.4 is 29.6 Å². The number of likely N-dealkylation sites (N-methyl/N-ethyl adjacent to an activating group) is 1. The van der Waals surface area contributed by atoms with Crippen LogP contribution in [0.3, 0.4) is 0 Å². The smallest absolute Gasteiger partial charge is 0.255 e. The van der Waals surface area contributed by atoms with E-state index in [2.05, 4.69) is 22.6 Å². The van der Waals surface area contributed by atoms with Crippen molar-refractivity contribution < 1.29 is 33.3 Å². The number of amides is 3. The number of benzene rings is 4. The topological polar surface area (TPSA) is 119 Å². The van der Waals surface area contributed by atoms with Gasteiger partial charge in [0.05, 0.1) is 27.3 Å². The van der Waals surface area contributed by atoms with Crippen LogP contribution in [-0.4, -0.2) is 95.2 Å². The Morgan fingerprint density at radius 2 is 1.64 bits per heavy atom. The quantitative estimate of drug-likeness (QED) is 0.162. The van der Waals surface area contributed by atoms with E-state index in [-0.39, 0.29) is 31.1 Å². The van der Waals surface area contributed by atoms with E-state index in [4.69, 9.17) is 18.9 Å². The number of carbonyl (C=O) groups excluding carboxylic acids is 3. The summed E-state index contributed by atoms with van der Waals surface area (Å²) >= 11 is 0. The molecular formula is C39H44N4O7. The van der Waals surface area contributed by atoms with Gasteiger partial charge >= 0.3 is 0 Å². The van der Waals surface area contributed by atoms with Gasteiger partial charge in [-0.3, -0.25) is 14.4 Å². The van der Waals surface area contributed by atoms with Crippen molar-refractivity contribution in [2.75, 3.05) is 66.4 Å². The van der Waals surface area contributed by atoms with E-state index in [9.17, 15) is 14.4 Å². The molecule has 0 atom stereocenters. The number of methoxy groups -OCH3 is 2. The van der Waals surface area contributed by atoms with Gasteiger partial charge in [-0.1, -0.05) is 24.3 Å². The van der Waals surface area contributed by atoms with Gasteiger partial charge in [-0.15, -0.1) is 0 Å². The van der Waals surface area contributed by atoms with Gasteiger partial charge in [0.2, 0.25) is 12.3 Å². The Kier molecular flexibility index (Phi) is 12.3. The first-order chi connectivity index (χ1) is 24.3. The van der Waals surface area contributed by atoms with Crippen molar-refractivity contribution in [3.05, 3.63) is 90.5 Å². The van der Waals surface area contributed by atoms with Crippen molar-refractivity contribution in [1.29, 1.82) is 0 Å². The van der Waals surface area contributed by atoms with Crippen molar-refractivity contribution in [2.24, 2.45) is 0 Å². The van der Waals surface area contributed by atoms with Crippen LogP contribution in [0, 0.1) is 0 Å². The van der Waals surface area contributed by atoms with Crippen LogP contribution in [0.2, 0.25) is 0 Å². The lowest BCUT2D eigenvalue weighted by Crippen LogP contribution is -2.37. The molecule has 11 heteroatoms. The molecule has 50 heavy (non-hydrogen) atoms. The van der Waals surface area contributed by atoms with Crippen LogP contribution in [0.4, 0.5) is 5.69 Å². The van der Waals surface area contributed by atoms with Gasteiger partial charge < -0.3 is 39.4 Å². The lowest BCUT2D eigenvalue weighted by molar-refractivity contribution is -0.130. The molecule has 1 heterocycles. The van der Waals surface area contributed by atoms with E-state index in [0.29, 0.717) is 41.5 Å². The molecule has 2 N–H and O–H groups in total. The number of carbonyl (C=O) groups is 3. The Morgan fingerprint density at radius 3 is 2.36 bits per heavy atom. The molecule has 1 aliphatic rings. The highest BCUT2D eigenvalue weighted by Gasteiger charge is 2.20. The normalized spacial score (nSPS) is 13.2. The molecule has 262 valence electrons. The number of likely N-dealkylation sites (tertiary alicyclic amines) is 1. The zero-order valence-electron chi connectivity index (χ0n) is 28.9. The summed E-state index contributed by atoms with van der Waals surface area (Å²) in [6, 6.07) is 26.3. The summed E-state index contributed by atoms with van der Waals surface area (Å²) < 4.78 is 23.5. The second-order valence-electron chi connectivity index (χ2n) is 12.1. The number of nitrogens with zero attached hydrogens (tertiary/aromatic N) is 2. The maximum absolute atomic E-state index is 13.4. The van der Waals surface area contributed by atoms with E-state index in [1.54, 1.807) is 39.5 Å². The van der Waals surface area contributed by atoms with Crippen LogP contribution in [0.25, 0.3) is 22.3 Å². The minimum absolute atomic E-state index is 0.0735. The molecule has 4 aromatic carbocycles. The highest BCUT2D eigenvalue weighted by Crippen LogP contribution is 2.36. The standard InChI is InChI=1S/C39H44N4O7/c1-42-18-16-31(17-19-42)50-33-13-14-34(37(24-33)49-21-20-43(2)38(45)25-40-26-44)27-8-11-30(12-9-27)41-39(46)29-10-15-36(48-4)35(23-29)28-6-5-7-32(22-28)47-3/h5-15,22-24,26,31H,16-21,25H2,1-4H3,(H,40,44)(H,41,46). The summed E-state index contributed by atoms with van der Waals surface area (Å²) in [4.78, 5) is 40.0. The molecule has 0 radical (unpaired) electrons. The Labute approximate surface area is 293 Å². The van der Waals surface area contributed by atoms with E-state index in [0.717, 1.165) is 53.9 Å². The SMILES string of the molecule is COc1cccc(-c2cc(C(=O)Nc3ccc(-c4ccc(OC5CCN(C)CC5)cc4OCCN(C)C(=O)CNC=O)cc3)ccc2OC)c1. The Hall–Kier alpha value is -5.55. The minimum Gasteiger partial charge on any atom is -0.497 e.